The van der Waals surface area contributed by atoms with Gasteiger partial charge in [-0.1, -0.05) is 19.0 Å². The molecule has 1 aromatic carbocycles. The molecule has 3 rings (SSSR count). The van der Waals surface area contributed by atoms with Gasteiger partial charge in [0.1, 0.15) is 5.75 Å². The van der Waals surface area contributed by atoms with Crippen LogP contribution in [0.5, 0.6) is 5.75 Å². The second-order valence-corrected chi connectivity index (χ2v) is 6.10. The quantitative estimate of drug-likeness (QED) is 0.669. The number of halogens is 1. The SMILES string of the molecule is COc1ccc(N)c(NC(=O)c2cc(C(C)C)nc3onc(C)c23)c1.Cl. The van der Waals surface area contributed by atoms with Crippen molar-refractivity contribution in [2.75, 3.05) is 18.2 Å². The molecule has 0 radical (unpaired) electrons. The summed E-state index contributed by atoms with van der Waals surface area (Å²) in [5.41, 5.74) is 9.07. The molecule has 0 aliphatic carbocycles. The minimum Gasteiger partial charge on any atom is -0.497 e. The predicted octanol–water partition coefficient (Wildman–Crippen LogP) is 3.92. The molecular weight excluding hydrogens is 356 g/mol. The Kier molecular flexibility index (Phi) is 5.72. The van der Waals surface area contributed by atoms with Crippen LogP contribution in [0.25, 0.3) is 11.1 Å². The Balaban J connectivity index is 0.00000243. The number of pyridine rings is 1. The Hall–Kier alpha value is -2.80. The Morgan fingerprint density at radius 3 is 2.69 bits per heavy atom. The van der Waals surface area contributed by atoms with E-state index in [-0.39, 0.29) is 24.2 Å². The lowest BCUT2D eigenvalue weighted by Gasteiger charge is -2.12. The van der Waals surface area contributed by atoms with Gasteiger partial charge in [-0.05, 0) is 31.0 Å². The summed E-state index contributed by atoms with van der Waals surface area (Å²) in [6.07, 6.45) is 0. The maximum atomic E-state index is 12.9. The van der Waals surface area contributed by atoms with Crippen LogP contribution in [0.2, 0.25) is 0 Å². The molecule has 7 nitrogen and oxygen atoms in total. The zero-order chi connectivity index (χ0) is 18.1. The predicted molar refractivity (Wildman–Crippen MR) is 103 cm³/mol. The number of nitrogens with zero attached hydrogens (tertiary/aromatic N) is 2. The minimum atomic E-state index is -0.305. The fourth-order valence-corrected chi connectivity index (χ4v) is 2.55. The van der Waals surface area contributed by atoms with Gasteiger partial charge in [0.05, 0.1) is 35.1 Å². The van der Waals surface area contributed by atoms with Crippen LogP contribution in [0.15, 0.2) is 28.8 Å². The highest BCUT2D eigenvalue weighted by Crippen LogP contribution is 2.28. The fraction of sp³-hybridized carbons (Fsp3) is 0.278. The van der Waals surface area contributed by atoms with Crippen LogP contribution in [0.4, 0.5) is 11.4 Å². The fourth-order valence-electron chi connectivity index (χ4n) is 2.55. The summed E-state index contributed by atoms with van der Waals surface area (Å²) in [7, 11) is 1.55. The molecule has 1 amide bonds. The number of hydrogen-bond acceptors (Lipinski definition) is 6. The number of carbonyl (C=O) groups is 1. The third kappa shape index (κ3) is 3.57. The molecule has 0 aliphatic heterocycles. The minimum absolute atomic E-state index is 0. The summed E-state index contributed by atoms with van der Waals surface area (Å²) in [6.45, 7) is 5.78. The maximum Gasteiger partial charge on any atom is 0.259 e. The van der Waals surface area contributed by atoms with Gasteiger partial charge in [-0.15, -0.1) is 12.4 Å². The van der Waals surface area contributed by atoms with Gasteiger partial charge in [0, 0.05) is 11.8 Å². The molecule has 0 aliphatic rings. The molecule has 0 spiro atoms. The molecule has 2 aromatic heterocycles. The highest BCUT2D eigenvalue weighted by Gasteiger charge is 2.20. The number of rotatable bonds is 4. The second kappa shape index (κ2) is 7.61. The van der Waals surface area contributed by atoms with E-state index >= 15 is 0 Å². The molecule has 0 saturated heterocycles. The topological polar surface area (TPSA) is 103 Å². The maximum absolute atomic E-state index is 12.9. The van der Waals surface area contributed by atoms with Crippen LogP contribution in [-0.4, -0.2) is 23.2 Å². The number of carbonyl (C=O) groups excluding carboxylic acids is 1. The van der Waals surface area contributed by atoms with Crippen molar-refractivity contribution < 1.29 is 14.1 Å². The number of methoxy groups -OCH3 is 1. The molecular formula is C18H21ClN4O3. The number of nitrogens with two attached hydrogens (primary N) is 1. The van der Waals surface area contributed by atoms with Crippen molar-refractivity contribution in [3.8, 4) is 5.75 Å². The summed E-state index contributed by atoms with van der Waals surface area (Å²) in [5, 5.41) is 7.36. The van der Waals surface area contributed by atoms with Gasteiger partial charge < -0.3 is 20.3 Å². The van der Waals surface area contributed by atoms with Gasteiger partial charge in [-0.3, -0.25) is 4.79 Å². The van der Waals surface area contributed by atoms with Gasteiger partial charge in [0.25, 0.3) is 11.6 Å². The van der Waals surface area contributed by atoms with Gasteiger partial charge in [0.2, 0.25) is 0 Å². The molecule has 26 heavy (non-hydrogen) atoms. The first-order valence-electron chi connectivity index (χ1n) is 7.92. The monoisotopic (exact) mass is 376 g/mol. The van der Waals surface area contributed by atoms with Crippen LogP contribution in [0.3, 0.4) is 0 Å². The highest BCUT2D eigenvalue weighted by atomic mass is 35.5. The zero-order valence-corrected chi connectivity index (χ0v) is 15.8. The van der Waals surface area contributed by atoms with Crippen LogP contribution in [0.1, 0.15) is 41.5 Å². The molecule has 2 heterocycles. The summed E-state index contributed by atoms with van der Waals surface area (Å²) >= 11 is 0. The smallest absolute Gasteiger partial charge is 0.259 e. The average molecular weight is 377 g/mol. The van der Waals surface area contributed by atoms with Gasteiger partial charge >= 0.3 is 0 Å². The van der Waals surface area contributed by atoms with Crippen LogP contribution in [0, 0.1) is 6.92 Å². The molecule has 0 atom stereocenters. The largest absolute Gasteiger partial charge is 0.497 e. The number of amides is 1. The van der Waals surface area contributed by atoms with Crippen molar-refractivity contribution in [1.82, 2.24) is 10.1 Å². The standard InChI is InChI=1S/C18H20N4O3.ClH/c1-9(2)14-8-12(16-10(3)22-25-18(16)21-14)17(23)20-15-7-11(24-4)5-6-13(15)19;/h5-9H,19H2,1-4H3,(H,20,23);1H. The van der Waals surface area contributed by atoms with Gasteiger partial charge in [-0.2, -0.15) is 0 Å². The van der Waals surface area contributed by atoms with E-state index in [0.717, 1.165) is 5.69 Å². The lowest BCUT2D eigenvalue weighted by Crippen LogP contribution is -2.15. The molecule has 0 fully saturated rings. The van der Waals surface area contributed by atoms with E-state index in [9.17, 15) is 4.79 Å². The lowest BCUT2D eigenvalue weighted by molar-refractivity contribution is 0.102. The van der Waals surface area contributed by atoms with E-state index < -0.39 is 0 Å². The van der Waals surface area contributed by atoms with E-state index in [2.05, 4.69) is 15.5 Å². The molecule has 0 unspecified atom stereocenters. The number of aryl methyl sites for hydroxylation is 1. The average Bonchev–Trinajstić information content (AvgIpc) is 2.97. The zero-order valence-electron chi connectivity index (χ0n) is 15.0. The van der Waals surface area contributed by atoms with E-state index in [0.29, 0.717) is 39.5 Å². The number of nitrogen functional groups attached to an aromatic ring is 1. The molecule has 0 bridgehead atoms. The van der Waals surface area contributed by atoms with Crippen molar-refractivity contribution in [3.63, 3.8) is 0 Å². The summed E-state index contributed by atoms with van der Waals surface area (Å²) in [6, 6.07) is 6.86. The Bertz CT molecular complexity index is 953. The molecule has 138 valence electrons. The first kappa shape index (κ1) is 19.5. The van der Waals surface area contributed by atoms with E-state index in [4.69, 9.17) is 15.0 Å². The number of aromatic nitrogens is 2. The van der Waals surface area contributed by atoms with Gasteiger partial charge in [0.15, 0.2) is 0 Å². The highest BCUT2D eigenvalue weighted by molar-refractivity contribution is 6.13. The molecule has 3 aromatic rings. The summed E-state index contributed by atoms with van der Waals surface area (Å²) in [4.78, 5) is 17.3. The Morgan fingerprint density at radius 1 is 1.31 bits per heavy atom. The second-order valence-electron chi connectivity index (χ2n) is 6.10. The molecule has 0 saturated carbocycles. The van der Waals surface area contributed by atoms with Gasteiger partial charge in [-0.25, -0.2) is 4.98 Å². The van der Waals surface area contributed by atoms with Crippen LogP contribution < -0.4 is 15.8 Å². The van der Waals surface area contributed by atoms with Crippen molar-refractivity contribution in [1.29, 1.82) is 0 Å². The van der Waals surface area contributed by atoms with E-state index in [1.54, 1.807) is 38.3 Å². The number of benzene rings is 1. The van der Waals surface area contributed by atoms with Crippen molar-refractivity contribution in [3.05, 3.63) is 41.2 Å². The number of ether oxygens (including phenoxy) is 1. The lowest BCUT2D eigenvalue weighted by atomic mass is 10.0. The third-order valence-electron chi connectivity index (χ3n) is 3.98. The summed E-state index contributed by atoms with van der Waals surface area (Å²) in [5.74, 6) is 0.442. The van der Waals surface area contributed by atoms with E-state index in [1.807, 2.05) is 13.8 Å². The third-order valence-corrected chi connectivity index (χ3v) is 3.98. The summed E-state index contributed by atoms with van der Waals surface area (Å²) < 4.78 is 10.4. The number of fused-ring (bicyclic) bond motifs is 1. The number of anilines is 2. The van der Waals surface area contributed by atoms with Crippen molar-refractivity contribution in [2.24, 2.45) is 0 Å². The Morgan fingerprint density at radius 2 is 2.04 bits per heavy atom. The van der Waals surface area contributed by atoms with Crippen LogP contribution >= 0.6 is 12.4 Å². The Labute approximate surface area is 157 Å². The van der Waals surface area contributed by atoms with Crippen molar-refractivity contribution >= 4 is 40.8 Å². The van der Waals surface area contributed by atoms with E-state index in [1.165, 1.54) is 0 Å². The number of nitrogens with one attached hydrogen (secondary N) is 1. The molecule has 8 heteroatoms. The number of hydrogen-bond donors (Lipinski definition) is 2. The first-order chi connectivity index (χ1) is 11.9. The normalized spacial score (nSPS) is 10.7. The molecule has 3 N–H and O–H groups in total. The van der Waals surface area contributed by atoms with Crippen LogP contribution in [-0.2, 0) is 0 Å². The van der Waals surface area contributed by atoms with Crippen molar-refractivity contribution in [2.45, 2.75) is 26.7 Å². The first-order valence-corrected chi connectivity index (χ1v) is 7.92.